The summed E-state index contributed by atoms with van der Waals surface area (Å²) in [5, 5.41) is 21.7. The Labute approximate surface area is 197 Å². The van der Waals surface area contributed by atoms with Gasteiger partial charge in [0.1, 0.15) is 0 Å². The van der Waals surface area contributed by atoms with Crippen molar-refractivity contribution in [3.05, 3.63) is 53.1 Å². The highest BCUT2D eigenvalue weighted by atomic mass is 19.4. The Bertz CT molecular complexity index is 1080. The number of unbranched alkanes of at least 4 members (excludes halogenated alkanes) is 1. The number of allylic oxidation sites excluding steroid dienone is 2. The van der Waals surface area contributed by atoms with Crippen LogP contribution in [-0.4, -0.2) is 52.4 Å². The Hall–Kier alpha value is -2.61. The van der Waals surface area contributed by atoms with E-state index in [1.165, 1.54) is 18.6 Å². The average Bonchev–Trinajstić information content (AvgIpc) is 3.62. The Morgan fingerprint density at radius 2 is 1.47 bits per heavy atom. The van der Waals surface area contributed by atoms with E-state index in [0.717, 1.165) is 49.7 Å². The van der Waals surface area contributed by atoms with Gasteiger partial charge in [-0.05, 0) is 55.8 Å². The number of benzene rings is 1. The molecule has 1 aromatic heterocycles. The molecule has 8 heteroatoms. The number of hydrogen-bond donors (Lipinski definition) is 2. The standard InChI is InChI=1S/C26H30F3N3O2/c27-26(28,29)16-4-3-5-17(14-16)31-12-10-30(11-13-31)8-1-2-9-32-24(33)22-18-6-7-19(21-15-20(18)21)23(22)25(32)34/h3-7,14,18-21,33-34H,1-2,8-13,15H2. The zero-order valence-corrected chi connectivity index (χ0v) is 19.0. The van der Waals surface area contributed by atoms with Crippen LogP contribution in [0.3, 0.4) is 0 Å². The number of halogens is 3. The van der Waals surface area contributed by atoms with Crippen LogP contribution in [0.2, 0.25) is 0 Å². The first-order chi connectivity index (χ1) is 16.3. The minimum Gasteiger partial charge on any atom is -0.494 e. The number of hydrogen-bond acceptors (Lipinski definition) is 4. The minimum atomic E-state index is -4.32. The van der Waals surface area contributed by atoms with Crippen molar-refractivity contribution in [3.8, 4) is 11.8 Å². The summed E-state index contributed by atoms with van der Waals surface area (Å²) >= 11 is 0. The number of aromatic nitrogens is 1. The molecule has 2 fully saturated rings. The van der Waals surface area contributed by atoms with E-state index in [4.69, 9.17) is 0 Å². The largest absolute Gasteiger partial charge is 0.494 e. The van der Waals surface area contributed by atoms with Crippen molar-refractivity contribution in [3.63, 3.8) is 0 Å². The van der Waals surface area contributed by atoms with Crippen LogP contribution in [0, 0.1) is 11.8 Å². The smallest absolute Gasteiger partial charge is 0.416 e. The quantitative estimate of drug-likeness (QED) is 0.463. The summed E-state index contributed by atoms with van der Waals surface area (Å²) in [6.07, 6.45) is 3.07. The molecule has 0 amide bonds. The first-order valence-electron chi connectivity index (χ1n) is 12.3. The van der Waals surface area contributed by atoms with Crippen LogP contribution in [0.4, 0.5) is 18.9 Å². The fraction of sp³-hybridized carbons (Fsp3) is 0.538. The normalized spacial score (nSPS) is 27.7. The van der Waals surface area contributed by atoms with E-state index >= 15 is 0 Å². The lowest BCUT2D eigenvalue weighted by Crippen LogP contribution is -2.46. The number of anilines is 1. The predicted octanol–water partition coefficient (Wildman–Crippen LogP) is 4.91. The van der Waals surface area contributed by atoms with Gasteiger partial charge >= 0.3 is 6.18 Å². The van der Waals surface area contributed by atoms with Gasteiger partial charge in [0.05, 0.1) is 5.56 Å². The molecule has 5 nitrogen and oxygen atoms in total. The molecule has 2 bridgehead atoms. The lowest BCUT2D eigenvalue weighted by Gasteiger charge is -2.36. The van der Waals surface area contributed by atoms with Gasteiger partial charge in [-0.1, -0.05) is 18.2 Å². The van der Waals surface area contributed by atoms with E-state index in [2.05, 4.69) is 17.1 Å². The third-order valence-corrected chi connectivity index (χ3v) is 8.31. The SMILES string of the molecule is Oc1c2c(c(O)n1CCCCN1CCN(c3cccc(C(F)(F)F)c3)CC1)C1C=CC2C2CC12. The Balaban J connectivity index is 1.00. The molecule has 5 aliphatic rings. The van der Waals surface area contributed by atoms with E-state index in [1.807, 2.05) is 4.90 Å². The number of alkyl halides is 3. The van der Waals surface area contributed by atoms with Gasteiger partial charge in [0.2, 0.25) is 0 Å². The van der Waals surface area contributed by atoms with Gasteiger partial charge in [-0.25, -0.2) is 0 Å². The fourth-order valence-electron chi connectivity index (χ4n) is 6.42. The van der Waals surface area contributed by atoms with Gasteiger partial charge in [-0.3, -0.25) is 9.47 Å². The van der Waals surface area contributed by atoms with Gasteiger partial charge in [0.15, 0.2) is 11.8 Å². The van der Waals surface area contributed by atoms with Crippen molar-refractivity contribution < 1.29 is 23.4 Å². The lowest BCUT2D eigenvalue weighted by molar-refractivity contribution is -0.137. The van der Waals surface area contributed by atoms with Crippen LogP contribution in [0.15, 0.2) is 36.4 Å². The topological polar surface area (TPSA) is 51.9 Å². The third-order valence-electron chi connectivity index (χ3n) is 8.31. The van der Waals surface area contributed by atoms with E-state index in [-0.39, 0.29) is 23.6 Å². The van der Waals surface area contributed by atoms with E-state index < -0.39 is 11.7 Å². The van der Waals surface area contributed by atoms with E-state index in [1.54, 1.807) is 10.6 Å². The average molecular weight is 474 g/mol. The van der Waals surface area contributed by atoms with Gasteiger partial charge in [-0.15, -0.1) is 0 Å². The van der Waals surface area contributed by atoms with Crippen LogP contribution >= 0.6 is 0 Å². The molecule has 1 saturated heterocycles. The minimum absolute atomic E-state index is 0.243. The molecule has 4 atom stereocenters. The van der Waals surface area contributed by atoms with Crippen molar-refractivity contribution >= 4 is 5.69 Å². The summed E-state index contributed by atoms with van der Waals surface area (Å²) in [7, 11) is 0. The fourth-order valence-corrected chi connectivity index (χ4v) is 6.42. The number of piperazine rings is 1. The van der Waals surface area contributed by atoms with Gasteiger partial charge in [0, 0.05) is 61.4 Å². The maximum absolute atomic E-state index is 13.0. The second-order valence-electron chi connectivity index (χ2n) is 10.2. The molecule has 4 aliphatic carbocycles. The molecule has 7 rings (SSSR count). The first-order valence-corrected chi connectivity index (χ1v) is 12.3. The number of aromatic hydroxyl groups is 2. The maximum Gasteiger partial charge on any atom is 0.416 e. The van der Waals surface area contributed by atoms with Crippen LogP contribution < -0.4 is 4.90 Å². The van der Waals surface area contributed by atoms with Crippen LogP contribution in [0.25, 0.3) is 0 Å². The molecule has 1 saturated carbocycles. The highest BCUT2D eigenvalue weighted by Gasteiger charge is 2.56. The Kier molecular flexibility index (Phi) is 5.13. The lowest BCUT2D eigenvalue weighted by atomic mass is 9.73. The van der Waals surface area contributed by atoms with Crippen molar-refractivity contribution in [2.45, 2.75) is 43.8 Å². The summed E-state index contributed by atoms with van der Waals surface area (Å²) in [5.41, 5.74) is 1.92. The molecule has 0 spiro atoms. The summed E-state index contributed by atoms with van der Waals surface area (Å²) in [6, 6.07) is 5.56. The van der Waals surface area contributed by atoms with Gasteiger partial charge < -0.3 is 15.1 Å². The zero-order valence-electron chi connectivity index (χ0n) is 19.0. The third kappa shape index (κ3) is 3.58. The van der Waals surface area contributed by atoms with E-state index in [0.29, 0.717) is 37.2 Å². The molecule has 2 aromatic rings. The van der Waals surface area contributed by atoms with Crippen LogP contribution in [0.5, 0.6) is 11.8 Å². The molecule has 1 aromatic carbocycles. The molecule has 0 radical (unpaired) electrons. The monoisotopic (exact) mass is 473 g/mol. The Morgan fingerprint density at radius 1 is 0.853 bits per heavy atom. The van der Waals surface area contributed by atoms with Crippen LogP contribution in [-0.2, 0) is 12.7 Å². The van der Waals surface area contributed by atoms with Gasteiger partial charge in [0.25, 0.3) is 0 Å². The van der Waals surface area contributed by atoms with Crippen molar-refractivity contribution in [1.29, 1.82) is 0 Å². The second kappa shape index (κ2) is 7.97. The number of rotatable bonds is 6. The summed E-state index contributed by atoms with van der Waals surface area (Å²) in [5.74, 6) is 2.27. The number of nitrogens with zero attached hydrogens (tertiary/aromatic N) is 3. The molecule has 4 unspecified atom stereocenters. The van der Waals surface area contributed by atoms with Crippen LogP contribution in [0.1, 0.15) is 47.8 Å². The predicted molar refractivity (Wildman–Crippen MR) is 123 cm³/mol. The highest BCUT2D eigenvalue weighted by Crippen LogP contribution is 2.67. The molecule has 34 heavy (non-hydrogen) atoms. The molecular weight excluding hydrogens is 443 g/mol. The Morgan fingerprint density at radius 3 is 2.09 bits per heavy atom. The second-order valence-corrected chi connectivity index (χ2v) is 10.2. The molecule has 2 heterocycles. The van der Waals surface area contributed by atoms with E-state index in [9.17, 15) is 23.4 Å². The van der Waals surface area contributed by atoms with Crippen molar-refractivity contribution in [2.75, 3.05) is 37.6 Å². The molecule has 182 valence electrons. The zero-order chi connectivity index (χ0) is 23.6. The van der Waals surface area contributed by atoms with Crippen molar-refractivity contribution in [1.82, 2.24) is 9.47 Å². The first kappa shape index (κ1) is 21.9. The van der Waals surface area contributed by atoms with Gasteiger partial charge in [-0.2, -0.15) is 13.2 Å². The summed E-state index contributed by atoms with van der Waals surface area (Å²) < 4.78 is 40.7. The molecular formula is C26H30F3N3O2. The molecule has 2 N–H and O–H groups in total. The highest BCUT2D eigenvalue weighted by molar-refractivity contribution is 5.59. The maximum atomic E-state index is 13.0. The van der Waals surface area contributed by atoms with Crippen molar-refractivity contribution in [2.24, 2.45) is 11.8 Å². The molecule has 1 aliphatic heterocycles. The summed E-state index contributed by atoms with van der Waals surface area (Å²) in [6.45, 7) is 4.50. The summed E-state index contributed by atoms with van der Waals surface area (Å²) in [4.78, 5) is 4.35.